The van der Waals surface area contributed by atoms with Gasteiger partial charge in [-0.05, 0) is 17.7 Å². The van der Waals surface area contributed by atoms with Crippen molar-refractivity contribution in [3.63, 3.8) is 0 Å². The Bertz CT molecular complexity index is 380. The van der Waals surface area contributed by atoms with E-state index >= 15 is 0 Å². The maximum atomic E-state index is 12.4. The van der Waals surface area contributed by atoms with E-state index in [0.717, 1.165) is 12.1 Å². The molecular formula is C9H8Cl2F5N. The number of rotatable bonds is 2. The Morgan fingerprint density at radius 3 is 2.12 bits per heavy atom. The van der Waals surface area contributed by atoms with E-state index in [-0.39, 0.29) is 18.0 Å². The molecule has 0 saturated carbocycles. The van der Waals surface area contributed by atoms with Crippen LogP contribution in [0, 0.1) is 0 Å². The molecule has 17 heavy (non-hydrogen) atoms. The second-order valence-corrected chi connectivity index (χ2v) is 3.50. The third kappa shape index (κ3) is 3.97. The maximum Gasteiger partial charge on any atom is 0.417 e. The van der Waals surface area contributed by atoms with Gasteiger partial charge in [-0.2, -0.15) is 13.2 Å². The number of nitrogens with two attached hydrogens (primary N) is 1. The van der Waals surface area contributed by atoms with Crippen molar-refractivity contribution in [1.82, 2.24) is 0 Å². The molecule has 0 aromatic heterocycles. The fraction of sp³-hybridized carbons (Fsp3) is 0.333. The average molecular weight is 296 g/mol. The minimum absolute atomic E-state index is 0. The van der Waals surface area contributed by atoms with Crippen molar-refractivity contribution < 1.29 is 22.0 Å². The van der Waals surface area contributed by atoms with Crippen molar-refractivity contribution in [1.29, 1.82) is 0 Å². The van der Waals surface area contributed by atoms with Gasteiger partial charge in [0.15, 0.2) is 0 Å². The summed E-state index contributed by atoms with van der Waals surface area (Å²) in [6, 6.07) is 0.744. The van der Waals surface area contributed by atoms with Crippen LogP contribution in [0.25, 0.3) is 0 Å². The summed E-state index contributed by atoms with van der Waals surface area (Å²) in [4.78, 5) is 0. The summed E-state index contributed by atoms with van der Waals surface area (Å²) in [5, 5.41) is -0.544. The predicted octanol–water partition coefficient (Wildman–Crippen LogP) is 4.05. The number of alkyl halides is 5. The first-order valence-corrected chi connectivity index (χ1v) is 4.51. The molecule has 2 N–H and O–H groups in total. The third-order valence-electron chi connectivity index (χ3n) is 1.95. The smallest absolute Gasteiger partial charge is 0.319 e. The first-order chi connectivity index (χ1) is 7.23. The van der Waals surface area contributed by atoms with Crippen molar-refractivity contribution in [2.45, 2.75) is 18.6 Å². The van der Waals surface area contributed by atoms with Crippen molar-refractivity contribution in [3.05, 3.63) is 34.3 Å². The second-order valence-electron chi connectivity index (χ2n) is 3.10. The molecule has 0 fully saturated rings. The molecule has 0 bridgehead atoms. The van der Waals surface area contributed by atoms with Crippen LogP contribution in [-0.2, 0) is 6.18 Å². The van der Waals surface area contributed by atoms with Gasteiger partial charge >= 0.3 is 6.18 Å². The molecule has 0 unspecified atom stereocenters. The zero-order chi connectivity index (χ0) is 12.5. The highest BCUT2D eigenvalue weighted by Crippen LogP contribution is 2.36. The summed E-state index contributed by atoms with van der Waals surface area (Å²) in [6.07, 6.45) is -7.61. The SMILES string of the molecule is Cl.N[C@@H](c1ccc(Cl)c(C(F)(F)F)c1)C(F)F. The molecule has 1 aromatic rings. The molecule has 98 valence electrons. The minimum atomic E-state index is -4.69. The summed E-state index contributed by atoms with van der Waals surface area (Å²) in [7, 11) is 0. The largest absolute Gasteiger partial charge is 0.417 e. The fourth-order valence-electron chi connectivity index (χ4n) is 1.11. The maximum absolute atomic E-state index is 12.4. The Balaban J connectivity index is 0.00000256. The van der Waals surface area contributed by atoms with Gasteiger partial charge in [-0.25, -0.2) is 8.78 Å². The minimum Gasteiger partial charge on any atom is -0.319 e. The molecule has 0 saturated heterocycles. The number of hydrogen-bond donors (Lipinski definition) is 1. The van der Waals surface area contributed by atoms with Crippen molar-refractivity contribution >= 4 is 24.0 Å². The molecule has 0 aliphatic carbocycles. The van der Waals surface area contributed by atoms with Crippen LogP contribution in [0.4, 0.5) is 22.0 Å². The lowest BCUT2D eigenvalue weighted by molar-refractivity contribution is -0.137. The Morgan fingerprint density at radius 2 is 1.71 bits per heavy atom. The van der Waals surface area contributed by atoms with E-state index in [1.165, 1.54) is 0 Å². The predicted molar refractivity (Wildman–Crippen MR) is 56.6 cm³/mol. The third-order valence-corrected chi connectivity index (χ3v) is 2.28. The number of hydrogen-bond acceptors (Lipinski definition) is 1. The van der Waals surface area contributed by atoms with Crippen LogP contribution in [0.2, 0.25) is 5.02 Å². The van der Waals surface area contributed by atoms with Crippen LogP contribution >= 0.6 is 24.0 Å². The van der Waals surface area contributed by atoms with E-state index in [9.17, 15) is 22.0 Å². The van der Waals surface area contributed by atoms with E-state index < -0.39 is 29.2 Å². The Morgan fingerprint density at radius 1 is 1.18 bits per heavy atom. The second kappa shape index (κ2) is 5.84. The van der Waals surface area contributed by atoms with E-state index in [1.807, 2.05) is 0 Å². The molecule has 0 heterocycles. The summed E-state index contributed by atoms with van der Waals surface area (Å²) < 4.78 is 61.5. The van der Waals surface area contributed by atoms with Gasteiger partial charge in [-0.3, -0.25) is 0 Å². The zero-order valence-electron chi connectivity index (χ0n) is 8.14. The lowest BCUT2D eigenvalue weighted by Gasteiger charge is -2.14. The van der Waals surface area contributed by atoms with E-state index in [1.54, 1.807) is 0 Å². The van der Waals surface area contributed by atoms with Crippen LogP contribution in [0.15, 0.2) is 18.2 Å². The van der Waals surface area contributed by atoms with E-state index in [4.69, 9.17) is 17.3 Å². The van der Waals surface area contributed by atoms with Gasteiger partial charge < -0.3 is 5.73 Å². The quantitative estimate of drug-likeness (QED) is 0.819. The Labute approximate surface area is 105 Å². The Hall–Kier alpha value is -0.590. The summed E-state index contributed by atoms with van der Waals surface area (Å²) in [5.41, 5.74) is 3.58. The van der Waals surface area contributed by atoms with E-state index in [2.05, 4.69) is 0 Å². The monoisotopic (exact) mass is 295 g/mol. The standard InChI is InChI=1S/C9H7ClF5N.ClH/c10-6-2-1-4(7(16)8(11)12)3-5(6)9(13,14)15;/h1-3,7-8H,16H2;1H/t7-;/m0./s1. The van der Waals surface area contributed by atoms with Gasteiger partial charge in [0, 0.05) is 0 Å². The molecule has 1 aromatic carbocycles. The number of benzene rings is 1. The molecule has 1 nitrogen and oxygen atoms in total. The molecule has 8 heteroatoms. The van der Waals surface area contributed by atoms with Crippen LogP contribution in [0.1, 0.15) is 17.2 Å². The lowest BCUT2D eigenvalue weighted by atomic mass is 10.0. The molecular weight excluding hydrogens is 288 g/mol. The van der Waals surface area contributed by atoms with Gasteiger partial charge in [0.05, 0.1) is 16.6 Å². The van der Waals surface area contributed by atoms with Crippen molar-refractivity contribution in [2.75, 3.05) is 0 Å². The highest BCUT2D eigenvalue weighted by molar-refractivity contribution is 6.31. The van der Waals surface area contributed by atoms with Crippen LogP contribution in [0.5, 0.6) is 0 Å². The van der Waals surface area contributed by atoms with Gasteiger partial charge in [0.25, 0.3) is 6.43 Å². The summed E-state index contributed by atoms with van der Waals surface area (Å²) >= 11 is 5.32. The fourth-order valence-corrected chi connectivity index (χ4v) is 1.34. The van der Waals surface area contributed by atoms with Gasteiger partial charge in [-0.15, -0.1) is 12.4 Å². The highest BCUT2D eigenvalue weighted by Gasteiger charge is 2.34. The Kier molecular flexibility index (Phi) is 5.64. The first kappa shape index (κ1) is 16.4. The lowest BCUT2D eigenvalue weighted by Crippen LogP contribution is -2.19. The molecule has 1 atom stereocenters. The van der Waals surface area contributed by atoms with E-state index in [0.29, 0.717) is 6.07 Å². The summed E-state index contributed by atoms with van der Waals surface area (Å²) in [5.74, 6) is 0. The topological polar surface area (TPSA) is 26.0 Å². The van der Waals surface area contributed by atoms with Gasteiger partial charge in [0.1, 0.15) is 0 Å². The number of halogens is 7. The molecule has 1 rings (SSSR count). The molecule has 0 aliphatic rings. The average Bonchev–Trinajstić information content (AvgIpc) is 2.15. The van der Waals surface area contributed by atoms with Crippen molar-refractivity contribution in [2.24, 2.45) is 5.73 Å². The molecule has 0 amide bonds. The summed E-state index contributed by atoms with van der Waals surface area (Å²) in [6.45, 7) is 0. The first-order valence-electron chi connectivity index (χ1n) is 4.14. The highest BCUT2D eigenvalue weighted by atomic mass is 35.5. The van der Waals surface area contributed by atoms with Gasteiger partial charge in [-0.1, -0.05) is 17.7 Å². The zero-order valence-corrected chi connectivity index (χ0v) is 9.71. The normalized spacial score (nSPS) is 13.4. The van der Waals surface area contributed by atoms with Crippen LogP contribution < -0.4 is 5.73 Å². The molecule has 0 spiro atoms. The van der Waals surface area contributed by atoms with Crippen LogP contribution in [-0.4, -0.2) is 6.43 Å². The molecule has 0 aliphatic heterocycles. The van der Waals surface area contributed by atoms with Crippen molar-refractivity contribution in [3.8, 4) is 0 Å². The van der Waals surface area contributed by atoms with Crippen LogP contribution in [0.3, 0.4) is 0 Å². The van der Waals surface area contributed by atoms with Gasteiger partial charge in [0.2, 0.25) is 0 Å². The molecule has 0 radical (unpaired) electrons.